The second-order valence-corrected chi connectivity index (χ2v) is 16.2. The highest BCUT2D eigenvalue weighted by molar-refractivity contribution is 5.94. The zero-order valence-corrected chi connectivity index (χ0v) is 35.7. The average Bonchev–Trinajstić information content (AvgIpc) is 3.17. The number of hydrogen-bond acceptors (Lipinski definition) is 4. The van der Waals surface area contributed by atoms with Gasteiger partial charge in [0.25, 0.3) is 0 Å². The molecule has 4 nitrogen and oxygen atoms in total. The van der Waals surface area contributed by atoms with Gasteiger partial charge >= 0.3 is 11.9 Å². The molecule has 0 unspecified atom stereocenters. The fourth-order valence-corrected chi connectivity index (χ4v) is 7.48. The van der Waals surface area contributed by atoms with Gasteiger partial charge in [-0.3, -0.25) is 0 Å². The Hall–Kier alpha value is -1.84. The Balaban J connectivity index is 2.45. The maximum Gasteiger partial charge on any atom is 0.338 e. The molecule has 53 heavy (non-hydrogen) atoms. The van der Waals surface area contributed by atoms with Gasteiger partial charge in [-0.1, -0.05) is 226 Å². The van der Waals surface area contributed by atoms with E-state index < -0.39 is 0 Å². The van der Waals surface area contributed by atoms with E-state index in [0.29, 0.717) is 24.3 Å². The molecule has 0 aliphatic rings. The van der Waals surface area contributed by atoms with Gasteiger partial charge in [0.15, 0.2) is 0 Å². The number of ether oxygens (including phenoxy) is 2. The molecule has 0 aliphatic heterocycles. The second-order valence-electron chi connectivity index (χ2n) is 16.2. The summed E-state index contributed by atoms with van der Waals surface area (Å²) in [5.41, 5.74) is 2.11. The van der Waals surface area contributed by atoms with E-state index in [1.807, 2.05) is 6.07 Å². The summed E-state index contributed by atoms with van der Waals surface area (Å²) < 4.78 is 11.4. The van der Waals surface area contributed by atoms with E-state index in [0.717, 1.165) is 50.5 Å². The Morgan fingerprint density at radius 1 is 0.377 bits per heavy atom. The molecule has 0 saturated heterocycles. The largest absolute Gasteiger partial charge is 0.462 e. The smallest absolute Gasteiger partial charge is 0.338 e. The number of aryl methyl sites for hydroxylation is 1. The van der Waals surface area contributed by atoms with Gasteiger partial charge in [-0.2, -0.15) is 0 Å². The van der Waals surface area contributed by atoms with Gasteiger partial charge in [0.2, 0.25) is 0 Å². The predicted octanol–water partition coefficient (Wildman–Crippen LogP) is 16.3. The summed E-state index contributed by atoms with van der Waals surface area (Å²) in [6.07, 6.45) is 45.9. The van der Waals surface area contributed by atoms with Gasteiger partial charge in [0.05, 0.1) is 24.3 Å². The molecule has 308 valence electrons. The molecule has 0 aromatic heterocycles. The topological polar surface area (TPSA) is 52.6 Å². The Bertz CT molecular complexity index is 956. The minimum atomic E-state index is -0.274. The van der Waals surface area contributed by atoms with Crippen LogP contribution in [0.4, 0.5) is 0 Å². The average molecular weight is 741 g/mol. The number of unbranched alkanes of at least 4 members (excludes halogenated alkanes) is 32. The van der Waals surface area contributed by atoms with E-state index in [1.165, 1.54) is 186 Å². The van der Waals surface area contributed by atoms with E-state index in [2.05, 4.69) is 20.8 Å². The van der Waals surface area contributed by atoms with Crippen molar-refractivity contribution in [3.05, 3.63) is 34.9 Å². The normalized spacial score (nSPS) is 11.3. The zero-order valence-electron chi connectivity index (χ0n) is 35.7. The van der Waals surface area contributed by atoms with Crippen molar-refractivity contribution >= 4 is 11.9 Å². The molecule has 1 aromatic carbocycles. The molecule has 0 spiro atoms. The molecule has 0 radical (unpaired) electrons. The molecule has 0 amide bonds. The first kappa shape index (κ1) is 49.2. The van der Waals surface area contributed by atoms with E-state index in [1.54, 1.807) is 12.1 Å². The van der Waals surface area contributed by atoms with Crippen LogP contribution in [-0.2, 0) is 15.9 Å². The van der Waals surface area contributed by atoms with Crippen molar-refractivity contribution in [3.8, 4) is 0 Å². The third kappa shape index (κ3) is 30.1. The standard InChI is InChI=1S/C49H88O4/c1-4-7-10-13-16-19-22-23-24-27-30-33-36-39-45-44-46(48(50)52-42-37-34-31-28-25-20-17-14-11-8-5-2)40-41-47(45)49(51)53-43-38-35-32-29-26-21-18-15-12-9-6-3/h40-41,44H,4-39,42-43H2,1-3H3. The third-order valence-corrected chi connectivity index (χ3v) is 11.1. The quantitative estimate of drug-likeness (QED) is 0.0496. The Kier molecular flexibility index (Phi) is 35.7. The minimum absolute atomic E-state index is 0.248. The van der Waals surface area contributed by atoms with Gasteiger partial charge in [0.1, 0.15) is 0 Å². The van der Waals surface area contributed by atoms with Crippen molar-refractivity contribution in [2.24, 2.45) is 0 Å². The monoisotopic (exact) mass is 741 g/mol. The molecule has 0 aliphatic carbocycles. The lowest BCUT2D eigenvalue weighted by Crippen LogP contribution is -2.12. The maximum atomic E-state index is 13.2. The lowest BCUT2D eigenvalue weighted by atomic mass is 9.97. The molecule has 0 bridgehead atoms. The molecule has 0 heterocycles. The van der Waals surface area contributed by atoms with Crippen molar-refractivity contribution in [1.82, 2.24) is 0 Å². The van der Waals surface area contributed by atoms with E-state index in [9.17, 15) is 9.59 Å². The maximum absolute atomic E-state index is 13.2. The van der Waals surface area contributed by atoms with Crippen molar-refractivity contribution in [3.63, 3.8) is 0 Å². The van der Waals surface area contributed by atoms with E-state index >= 15 is 0 Å². The first-order chi connectivity index (χ1) is 26.1. The van der Waals surface area contributed by atoms with Crippen LogP contribution in [0.25, 0.3) is 0 Å². The summed E-state index contributed by atoms with van der Waals surface area (Å²) in [7, 11) is 0. The summed E-state index contributed by atoms with van der Waals surface area (Å²) in [5, 5.41) is 0. The van der Waals surface area contributed by atoms with Gasteiger partial charge in [0, 0.05) is 0 Å². The van der Waals surface area contributed by atoms with Crippen LogP contribution in [-0.4, -0.2) is 25.2 Å². The fourth-order valence-electron chi connectivity index (χ4n) is 7.48. The number of hydrogen-bond donors (Lipinski definition) is 0. The molecule has 4 heteroatoms. The first-order valence-corrected chi connectivity index (χ1v) is 23.6. The summed E-state index contributed by atoms with van der Waals surface area (Å²) >= 11 is 0. The van der Waals surface area contributed by atoms with Gasteiger partial charge < -0.3 is 9.47 Å². The molecule has 0 N–H and O–H groups in total. The van der Waals surface area contributed by atoms with Crippen molar-refractivity contribution in [2.75, 3.05) is 13.2 Å². The minimum Gasteiger partial charge on any atom is -0.462 e. The summed E-state index contributed by atoms with van der Waals surface area (Å²) in [6.45, 7) is 7.75. The second kappa shape index (κ2) is 38.4. The SMILES string of the molecule is CCCCCCCCCCCCCCCc1cc(C(=O)OCCCCCCCCCCCCC)ccc1C(=O)OCCCCCCCCCCCCC. The van der Waals surface area contributed by atoms with Crippen LogP contribution in [0.1, 0.15) is 272 Å². The zero-order chi connectivity index (χ0) is 38.3. The predicted molar refractivity (Wildman–Crippen MR) is 229 cm³/mol. The molecule has 0 atom stereocenters. The highest BCUT2D eigenvalue weighted by Gasteiger charge is 2.17. The molecule has 0 fully saturated rings. The lowest BCUT2D eigenvalue weighted by molar-refractivity contribution is 0.0482. The number of carbonyl (C=O) groups excluding carboxylic acids is 2. The van der Waals surface area contributed by atoms with Crippen LogP contribution in [0.3, 0.4) is 0 Å². The van der Waals surface area contributed by atoms with Crippen molar-refractivity contribution < 1.29 is 19.1 Å². The van der Waals surface area contributed by atoms with E-state index in [-0.39, 0.29) is 11.9 Å². The molecular formula is C49H88O4. The number of rotatable bonds is 40. The Morgan fingerprint density at radius 3 is 1.04 bits per heavy atom. The van der Waals surface area contributed by atoms with Crippen molar-refractivity contribution in [2.45, 2.75) is 252 Å². The van der Waals surface area contributed by atoms with Crippen LogP contribution in [0.5, 0.6) is 0 Å². The Labute approximate surface area is 330 Å². The molecule has 1 rings (SSSR count). The third-order valence-electron chi connectivity index (χ3n) is 11.1. The number of esters is 2. The van der Waals surface area contributed by atoms with Crippen LogP contribution in [0, 0.1) is 0 Å². The number of benzene rings is 1. The van der Waals surface area contributed by atoms with Crippen LogP contribution in [0.15, 0.2) is 18.2 Å². The van der Waals surface area contributed by atoms with Crippen LogP contribution >= 0.6 is 0 Å². The Morgan fingerprint density at radius 2 is 0.679 bits per heavy atom. The molecular weight excluding hydrogens is 653 g/mol. The summed E-state index contributed by atoms with van der Waals surface area (Å²) in [6, 6.07) is 5.47. The highest BCUT2D eigenvalue weighted by Crippen LogP contribution is 2.20. The summed E-state index contributed by atoms with van der Waals surface area (Å²) in [5.74, 6) is -0.521. The van der Waals surface area contributed by atoms with Crippen LogP contribution < -0.4 is 0 Å². The lowest BCUT2D eigenvalue weighted by Gasteiger charge is -2.12. The first-order valence-electron chi connectivity index (χ1n) is 23.6. The summed E-state index contributed by atoms with van der Waals surface area (Å²) in [4.78, 5) is 26.2. The van der Waals surface area contributed by atoms with Crippen molar-refractivity contribution in [1.29, 1.82) is 0 Å². The highest BCUT2D eigenvalue weighted by atomic mass is 16.5. The van der Waals surface area contributed by atoms with Gasteiger partial charge in [-0.05, 0) is 49.4 Å². The van der Waals surface area contributed by atoms with Gasteiger partial charge in [-0.25, -0.2) is 9.59 Å². The molecule has 1 aromatic rings. The molecule has 0 saturated carbocycles. The van der Waals surface area contributed by atoms with E-state index in [4.69, 9.17) is 9.47 Å². The van der Waals surface area contributed by atoms with Gasteiger partial charge in [-0.15, -0.1) is 0 Å². The number of carbonyl (C=O) groups is 2. The van der Waals surface area contributed by atoms with Crippen LogP contribution in [0.2, 0.25) is 0 Å². The fraction of sp³-hybridized carbons (Fsp3) is 0.837.